The Bertz CT molecular complexity index is 1160. The number of benzene rings is 2. The molecule has 3 amide bonds. The van der Waals surface area contributed by atoms with E-state index in [1.165, 1.54) is 25.7 Å². The summed E-state index contributed by atoms with van der Waals surface area (Å²) in [6.45, 7) is 0.294. The van der Waals surface area contributed by atoms with Crippen molar-refractivity contribution in [3.05, 3.63) is 59.7 Å². The minimum absolute atomic E-state index is 0.00889. The Kier molecular flexibility index (Phi) is 7.15. The third-order valence-electron chi connectivity index (χ3n) is 7.75. The quantitative estimate of drug-likeness (QED) is 0.628. The summed E-state index contributed by atoms with van der Waals surface area (Å²) in [4.78, 5) is 29.2. The first kappa shape index (κ1) is 24.2. The molecule has 188 valence electrons. The van der Waals surface area contributed by atoms with Gasteiger partial charge in [-0.15, -0.1) is 0 Å². The molecule has 0 radical (unpaired) electrons. The normalized spacial score (nSPS) is 23.4. The molecular weight excluding hydrogens is 454 g/mol. The third kappa shape index (κ3) is 4.91. The maximum absolute atomic E-state index is 13.0. The molecule has 1 saturated carbocycles. The van der Waals surface area contributed by atoms with Crippen molar-refractivity contribution in [1.82, 2.24) is 9.80 Å². The molecule has 36 heavy (non-hydrogen) atoms. The summed E-state index contributed by atoms with van der Waals surface area (Å²) in [5.41, 5.74) is 2.64. The maximum atomic E-state index is 13.0. The van der Waals surface area contributed by atoms with Crippen LogP contribution in [0.2, 0.25) is 0 Å². The van der Waals surface area contributed by atoms with Crippen LogP contribution in [-0.2, 0) is 4.79 Å². The zero-order chi connectivity index (χ0) is 25.1. The lowest BCUT2D eigenvalue weighted by molar-refractivity contribution is -0.159. The summed E-state index contributed by atoms with van der Waals surface area (Å²) in [5.74, 6) is 7.83. The second kappa shape index (κ2) is 10.6. The lowest BCUT2D eigenvalue weighted by Crippen LogP contribution is -2.73. The molecule has 1 aliphatic carbocycles. The van der Waals surface area contributed by atoms with E-state index < -0.39 is 0 Å². The van der Waals surface area contributed by atoms with Crippen molar-refractivity contribution in [3.63, 3.8) is 0 Å². The van der Waals surface area contributed by atoms with Crippen LogP contribution in [0.25, 0.3) is 0 Å². The number of aliphatic hydroxyl groups is 1. The van der Waals surface area contributed by atoms with Crippen molar-refractivity contribution in [2.45, 2.75) is 50.1 Å². The largest absolute Gasteiger partial charge is 0.497 e. The Balaban J connectivity index is 1.26. The maximum Gasteiger partial charge on any atom is 0.322 e. The predicted octanol–water partition coefficient (Wildman–Crippen LogP) is 3.83. The summed E-state index contributed by atoms with van der Waals surface area (Å²) in [6, 6.07) is 14.5. The van der Waals surface area contributed by atoms with Gasteiger partial charge in [0.1, 0.15) is 12.3 Å². The van der Waals surface area contributed by atoms with Crippen LogP contribution in [0, 0.1) is 17.8 Å². The molecule has 3 atom stereocenters. The third-order valence-corrected chi connectivity index (χ3v) is 7.75. The van der Waals surface area contributed by atoms with Gasteiger partial charge in [0.05, 0.1) is 25.8 Å². The fourth-order valence-corrected chi connectivity index (χ4v) is 5.86. The Hall–Kier alpha value is -3.50. The molecule has 2 aromatic rings. The molecule has 3 aliphatic rings. The summed E-state index contributed by atoms with van der Waals surface area (Å²) in [5, 5.41) is 12.9. The van der Waals surface area contributed by atoms with E-state index in [0.29, 0.717) is 18.0 Å². The topological polar surface area (TPSA) is 82.1 Å². The van der Waals surface area contributed by atoms with Crippen LogP contribution in [0.3, 0.4) is 0 Å². The lowest BCUT2D eigenvalue weighted by atomic mass is 9.73. The molecule has 2 N–H and O–H groups in total. The van der Waals surface area contributed by atoms with E-state index in [-0.39, 0.29) is 43.1 Å². The molecule has 3 fully saturated rings. The van der Waals surface area contributed by atoms with Crippen molar-refractivity contribution in [2.75, 3.05) is 32.1 Å². The molecule has 2 heterocycles. The molecule has 0 aromatic heterocycles. The summed E-state index contributed by atoms with van der Waals surface area (Å²) >= 11 is 0. The summed E-state index contributed by atoms with van der Waals surface area (Å²) in [7, 11) is 1.57. The number of urea groups is 1. The van der Waals surface area contributed by atoms with Crippen LogP contribution in [0.15, 0.2) is 48.5 Å². The number of nitrogens with one attached hydrogen (secondary N) is 1. The van der Waals surface area contributed by atoms with Gasteiger partial charge in [0, 0.05) is 36.2 Å². The molecular formula is C29H33N3O4. The fourth-order valence-electron chi connectivity index (χ4n) is 5.86. The van der Waals surface area contributed by atoms with E-state index in [0.717, 1.165) is 23.5 Å². The summed E-state index contributed by atoms with van der Waals surface area (Å²) < 4.78 is 5.22. The number of methoxy groups -OCH3 is 1. The van der Waals surface area contributed by atoms with Gasteiger partial charge in [-0.2, -0.15) is 0 Å². The Morgan fingerprint density at radius 2 is 1.94 bits per heavy atom. The SMILES string of the molecule is COc1cccc(NC(=O)N2CC(=O)N3[C@H](CO)[C@@H](c4ccc(C#CCC5CCCC5)cc4)[C@@H]3C2)c1. The van der Waals surface area contributed by atoms with Gasteiger partial charge in [-0.3, -0.25) is 4.79 Å². The van der Waals surface area contributed by atoms with Gasteiger partial charge in [-0.1, -0.05) is 42.9 Å². The van der Waals surface area contributed by atoms with Crippen LogP contribution in [0.5, 0.6) is 5.75 Å². The first-order chi connectivity index (χ1) is 17.6. The summed E-state index contributed by atoms with van der Waals surface area (Å²) in [6.07, 6.45) is 6.21. The van der Waals surface area contributed by atoms with Crippen LogP contribution in [-0.4, -0.2) is 65.7 Å². The van der Waals surface area contributed by atoms with E-state index in [1.807, 2.05) is 24.3 Å². The molecule has 2 saturated heterocycles. The first-order valence-corrected chi connectivity index (χ1v) is 12.8. The van der Waals surface area contributed by atoms with Gasteiger partial charge in [-0.25, -0.2) is 4.79 Å². The monoisotopic (exact) mass is 487 g/mol. The number of carbonyl (C=O) groups excluding carboxylic acids is 2. The number of anilines is 1. The molecule has 0 spiro atoms. The minimum Gasteiger partial charge on any atom is -0.497 e. The van der Waals surface area contributed by atoms with E-state index in [2.05, 4.69) is 17.2 Å². The van der Waals surface area contributed by atoms with Crippen molar-refractivity contribution >= 4 is 17.6 Å². The number of nitrogens with zero attached hydrogens (tertiary/aromatic N) is 2. The number of hydrogen-bond donors (Lipinski definition) is 2. The van der Waals surface area contributed by atoms with E-state index in [4.69, 9.17) is 4.74 Å². The standard InChI is InChI=1S/C29H33N3O4/c1-36-24-11-5-10-23(16-24)30-29(35)31-17-25-28(26(19-33)32(25)27(34)18-31)22-14-12-21(13-15-22)9-4-8-20-6-2-3-7-20/h5,10-16,20,25-26,28,33H,2-3,6-8,17-19H2,1H3,(H,30,35)/t25-,26+,28-/m0/s1. The molecule has 7 heteroatoms. The molecule has 7 nitrogen and oxygen atoms in total. The van der Waals surface area contributed by atoms with Crippen molar-refractivity contribution < 1.29 is 19.4 Å². The zero-order valence-corrected chi connectivity index (χ0v) is 20.7. The van der Waals surface area contributed by atoms with Gasteiger partial charge in [0.2, 0.25) is 5.91 Å². The number of carbonyl (C=O) groups is 2. The van der Waals surface area contributed by atoms with Crippen LogP contribution in [0.1, 0.15) is 49.1 Å². The fraction of sp³-hybridized carbons (Fsp3) is 0.448. The molecule has 0 bridgehead atoms. The highest BCUT2D eigenvalue weighted by Gasteiger charge is 2.54. The van der Waals surface area contributed by atoms with Crippen molar-refractivity contribution in [1.29, 1.82) is 0 Å². The molecule has 2 aromatic carbocycles. The average molecular weight is 488 g/mol. The Labute approximate surface area is 212 Å². The minimum atomic E-state index is -0.324. The highest BCUT2D eigenvalue weighted by atomic mass is 16.5. The van der Waals surface area contributed by atoms with Gasteiger partial charge in [-0.05, 0) is 48.6 Å². The van der Waals surface area contributed by atoms with Crippen LogP contribution in [0.4, 0.5) is 10.5 Å². The highest BCUT2D eigenvalue weighted by molar-refractivity contribution is 5.94. The first-order valence-electron chi connectivity index (χ1n) is 12.8. The number of ether oxygens (including phenoxy) is 1. The number of fused-ring (bicyclic) bond motifs is 1. The molecule has 2 aliphatic heterocycles. The average Bonchev–Trinajstić information content (AvgIpc) is 3.40. The van der Waals surface area contributed by atoms with Crippen molar-refractivity contribution in [2.24, 2.45) is 5.92 Å². The van der Waals surface area contributed by atoms with Gasteiger partial charge < -0.3 is 25.0 Å². The number of rotatable bonds is 5. The number of hydrogen-bond acceptors (Lipinski definition) is 4. The number of aliphatic hydroxyl groups excluding tert-OH is 1. The predicted molar refractivity (Wildman–Crippen MR) is 138 cm³/mol. The lowest BCUT2D eigenvalue weighted by Gasteiger charge is -2.58. The second-order valence-corrected chi connectivity index (χ2v) is 9.97. The van der Waals surface area contributed by atoms with E-state index in [1.54, 1.807) is 41.2 Å². The Morgan fingerprint density at radius 1 is 1.17 bits per heavy atom. The van der Waals surface area contributed by atoms with Gasteiger partial charge in [0.15, 0.2) is 0 Å². The van der Waals surface area contributed by atoms with Gasteiger partial charge >= 0.3 is 6.03 Å². The van der Waals surface area contributed by atoms with Crippen molar-refractivity contribution in [3.8, 4) is 17.6 Å². The molecule has 5 rings (SSSR count). The van der Waals surface area contributed by atoms with E-state index in [9.17, 15) is 14.7 Å². The smallest absolute Gasteiger partial charge is 0.322 e. The Morgan fingerprint density at radius 3 is 2.67 bits per heavy atom. The highest BCUT2D eigenvalue weighted by Crippen LogP contribution is 2.43. The zero-order valence-electron chi connectivity index (χ0n) is 20.7. The molecule has 0 unspecified atom stereocenters. The van der Waals surface area contributed by atoms with Crippen LogP contribution < -0.4 is 10.1 Å². The number of piperazine rings is 1. The van der Waals surface area contributed by atoms with Crippen LogP contribution >= 0.6 is 0 Å². The number of amides is 3. The van der Waals surface area contributed by atoms with E-state index >= 15 is 0 Å². The second-order valence-electron chi connectivity index (χ2n) is 9.97. The van der Waals surface area contributed by atoms with Gasteiger partial charge in [0.25, 0.3) is 0 Å².